The summed E-state index contributed by atoms with van der Waals surface area (Å²) in [5.74, 6) is -11.8. The van der Waals surface area contributed by atoms with Crippen molar-refractivity contribution in [1.82, 2.24) is 0 Å². The molecule has 0 spiro atoms. The Labute approximate surface area is 79.0 Å². The molecular weight excluding hydrogens is 240 g/mol. The van der Waals surface area contributed by atoms with Crippen LogP contribution in [0.15, 0.2) is 0 Å². The zero-order valence-corrected chi connectivity index (χ0v) is 7.22. The molecule has 1 nitrogen and oxygen atoms in total. The average molecular weight is 246 g/mol. The van der Waals surface area contributed by atoms with Gasteiger partial charge in [0.1, 0.15) is 0 Å². The van der Waals surface area contributed by atoms with Crippen LogP contribution in [0.25, 0.3) is 0 Å². The molecule has 92 valence electrons. The van der Waals surface area contributed by atoms with Crippen LogP contribution in [0, 0.1) is 0 Å². The van der Waals surface area contributed by atoms with E-state index in [1.54, 1.807) is 0 Å². The van der Waals surface area contributed by atoms with Crippen LogP contribution in [0.4, 0.5) is 35.1 Å². The number of halogens is 8. The van der Waals surface area contributed by atoms with Crippen molar-refractivity contribution in [3.63, 3.8) is 0 Å². The van der Waals surface area contributed by atoms with Gasteiger partial charge in [-0.25, -0.2) is 8.78 Å². The summed E-state index contributed by atoms with van der Waals surface area (Å²) in [5, 5.41) is 0. The van der Waals surface area contributed by atoms with Gasteiger partial charge in [0.05, 0.1) is 0 Å². The van der Waals surface area contributed by atoms with Crippen LogP contribution >= 0.6 is 0 Å². The Bertz CT molecular complexity index is 213. The highest BCUT2D eigenvalue weighted by atomic mass is 19.4. The SMILES string of the molecule is CC(F)OC(F)(F)C(F)(F)C(F)(F)CF. The van der Waals surface area contributed by atoms with Gasteiger partial charge in [-0.05, 0) is 6.92 Å². The van der Waals surface area contributed by atoms with Crippen LogP contribution in [0.3, 0.4) is 0 Å². The van der Waals surface area contributed by atoms with Crippen LogP contribution in [0.2, 0.25) is 0 Å². The van der Waals surface area contributed by atoms with Gasteiger partial charge >= 0.3 is 18.0 Å². The van der Waals surface area contributed by atoms with Crippen molar-refractivity contribution >= 4 is 0 Å². The van der Waals surface area contributed by atoms with E-state index in [0.29, 0.717) is 0 Å². The van der Waals surface area contributed by atoms with Crippen molar-refractivity contribution < 1.29 is 39.9 Å². The first kappa shape index (κ1) is 14.4. The summed E-state index contributed by atoms with van der Waals surface area (Å²) in [6.07, 6.45) is -8.70. The number of ether oxygens (including phenoxy) is 1. The third-order valence-corrected chi connectivity index (χ3v) is 1.30. The van der Waals surface area contributed by atoms with Crippen molar-refractivity contribution in [2.24, 2.45) is 0 Å². The van der Waals surface area contributed by atoms with Gasteiger partial charge in [0.2, 0.25) is 6.36 Å². The van der Waals surface area contributed by atoms with Gasteiger partial charge in [0.15, 0.2) is 6.67 Å². The normalized spacial score (nSPS) is 16.6. The van der Waals surface area contributed by atoms with E-state index in [2.05, 4.69) is 4.74 Å². The molecule has 0 saturated carbocycles. The van der Waals surface area contributed by atoms with Gasteiger partial charge in [0.25, 0.3) is 0 Å². The first-order chi connectivity index (χ1) is 6.48. The Morgan fingerprint density at radius 2 is 1.47 bits per heavy atom. The summed E-state index contributed by atoms with van der Waals surface area (Å²) >= 11 is 0. The van der Waals surface area contributed by atoms with E-state index in [-0.39, 0.29) is 6.92 Å². The fourth-order valence-corrected chi connectivity index (χ4v) is 0.575. The van der Waals surface area contributed by atoms with Crippen LogP contribution < -0.4 is 0 Å². The Kier molecular flexibility index (Phi) is 3.94. The summed E-state index contributed by atoms with van der Waals surface area (Å²) in [5.41, 5.74) is 0. The maximum Gasteiger partial charge on any atom is 0.428 e. The first-order valence-electron chi connectivity index (χ1n) is 3.49. The zero-order chi connectivity index (χ0) is 12.5. The van der Waals surface area contributed by atoms with Gasteiger partial charge in [-0.3, -0.25) is 4.74 Å². The lowest BCUT2D eigenvalue weighted by Crippen LogP contribution is -2.57. The Balaban J connectivity index is 5.00. The summed E-state index contributed by atoms with van der Waals surface area (Å²) in [7, 11) is 0. The monoisotopic (exact) mass is 246 g/mol. The van der Waals surface area contributed by atoms with Crippen LogP contribution in [-0.2, 0) is 4.74 Å². The molecule has 0 saturated heterocycles. The molecule has 1 atom stereocenters. The highest BCUT2D eigenvalue weighted by Gasteiger charge is 2.73. The smallest absolute Gasteiger partial charge is 0.281 e. The molecular formula is C6H6F8O. The third-order valence-electron chi connectivity index (χ3n) is 1.30. The van der Waals surface area contributed by atoms with Crippen molar-refractivity contribution in [2.75, 3.05) is 6.67 Å². The van der Waals surface area contributed by atoms with E-state index in [1.807, 2.05) is 0 Å². The lowest BCUT2D eigenvalue weighted by atomic mass is 10.2. The first-order valence-corrected chi connectivity index (χ1v) is 3.49. The molecule has 0 aromatic heterocycles. The van der Waals surface area contributed by atoms with E-state index in [1.165, 1.54) is 0 Å². The lowest BCUT2D eigenvalue weighted by Gasteiger charge is -2.30. The minimum Gasteiger partial charge on any atom is -0.281 e. The summed E-state index contributed by atoms with van der Waals surface area (Å²) in [4.78, 5) is 0. The second-order valence-electron chi connectivity index (χ2n) is 2.59. The van der Waals surface area contributed by atoms with Gasteiger partial charge < -0.3 is 0 Å². The average Bonchev–Trinajstić information content (AvgIpc) is 2.01. The van der Waals surface area contributed by atoms with Crippen LogP contribution in [-0.4, -0.2) is 31.0 Å². The maximum atomic E-state index is 12.3. The molecule has 0 rings (SSSR count). The molecule has 0 aliphatic heterocycles. The fraction of sp³-hybridized carbons (Fsp3) is 1.00. The summed E-state index contributed by atoms with van der Waals surface area (Å²) in [6, 6.07) is 0. The van der Waals surface area contributed by atoms with Gasteiger partial charge in [-0.2, -0.15) is 26.3 Å². The molecule has 0 aromatic carbocycles. The number of hydrogen-bond acceptors (Lipinski definition) is 1. The molecule has 0 aliphatic carbocycles. The molecule has 0 bridgehead atoms. The van der Waals surface area contributed by atoms with Crippen molar-refractivity contribution in [3.8, 4) is 0 Å². The topological polar surface area (TPSA) is 9.23 Å². The van der Waals surface area contributed by atoms with E-state index in [0.717, 1.165) is 0 Å². The lowest BCUT2D eigenvalue weighted by molar-refractivity contribution is -0.416. The second-order valence-corrected chi connectivity index (χ2v) is 2.59. The van der Waals surface area contributed by atoms with Crippen molar-refractivity contribution in [3.05, 3.63) is 0 Å². The molecule has 0 aliphatic rings. The highest BCUT2D eigenvalue weighted by molar-refractivity contribution is 4.91. The number of alkyl halides is 8. The zero-order valence-electron chi connectivity index (χ0n) is 7.22. The Morgan fingerprint density at radius 3 is 1.73 bits per heavy atom. The van der Waals surface area contributed by atoms with Crippen molar-refractivity contribution in [1.29, 1.82) is 0 Å². The molecule has 0 radical (unpaired) electrons. The van der Waals surface area contributed by atoms with Crippen LogP contribution in [0.5, 0.6) is 0 Å². The van der Waals surface area contributed by atoms with E-state index < -0.39 is 31.0 Å². The third kappa shape index (κ3) is 2.70. The predicted octanol–water partition coefficient (Wildman–Crippen LogP) is 3.15. The highest BCUT2D eigenvalue weighted by Crippen LogP contribution is 2.46. The quantitative estimate of drug-likeness (QED) is 0.677. The molecule has 15 heavy (non-hydrogen) atoms. The molecule has 0 N–H and O–H groups in total. The number of hydrogen-bond donors (Lipinski definition) is 0. The minimum atomic E-state index is -6.13. The van der Waals surface area contributed by atoms with E-state index in [9.17, 15) is 35.1 Å². The molecule has 1 unspecified atom stereocenters. The van der Waals surface area contributed by atoms with Gasteiger partial charge in [-0.15, -0.1) is 0 Å². The summed E-state index contributed by atoms with van der Waals surface area (Å²) in [6.45, 7) is -2.73. The molecule has 0 fully saturated rings. The molecule has 9 heteroatoms. The summed E-state index contributed by atoms with van der Waals surface area (Å²) < 4.78 is 99.3. The molecule has 0 aromatic rings. The largest absolute Gasteiger partial charge is 0.428 e. The number of rotatable bonds is 5. The Hall–Kier alpha value is -0.600. The molecule has 0 amide bonds. The van der Waals surface area contributed by atoms with Gasteiger partial charge in [-0.1, -0.05) is 0 Å². The van der Waals surface area contributed by atoms with Crippen molar-refractivity contribution in [2.45, 2.75) is 31.2 Å². The Morgan fingerprint density at radius 1 is 1.07 bits per heavy atom. The van der Waals surface area contributed by atoms with E-state index >= 15 is 0 Å². The fourth-order valence-electron chi connectivity index (χ4n) is 0.575. The van der Waals surface area contributed by atoms with E-state index in [4.69, 9.17) is 0 Å². The second kappa shape index (κ2) is 4.11. The molecule has 0 heterocycles. The van der Waals surface area contributed by atoms with Gasteiger partial charge in [0, 0.05) is 0 Å². The van der Waals surface area contributed by atoms with Crippen LogP contribution in [0.1, 0.15) is 6.92 Å². The maximum absolute atomic E-state index is 12.3. The predicted molar refractivity (Wildman–Crippen MR) is 32.5 cm³/mol. The minimum absolute atomic E-state index is 0.289. The standard InChI is InChI=1S/C6H6F8O/c1-3(8)15-6(13,14)5(11,12)4(9,10)2-7/h3H,2H2,1H3.